The van der Waals surface area contributed by atoms with Crippen LogP contribution in [-0.2, 0) is 17.3 Å². The molecule has 0 radical (unpaired) electrons. The fourth-order valence-corrected chi connectivity index (χ4v) is 4.50. The van der Waals surface area contributed by atoms with Crippen molar-refractivity contribution in [3.63, 3.8) is 0 Å². The van der Waals surface area contributed by atoms with E-state index < -0.39 is 0 Å². The summed E-state index contributed by atoms with van der Waals surface area (Å²) in [6, 6.07) is 4.82. The van der Waals surface area contributed by atoms with Crippen LogP contribution in [0.2, 0.25) is 0 Å². The number of rotatable bonds is 5. The number of hydrogen-bond donors (Lipinski definition) is 0. The van der Waals surface area contributed by atoms with E-state index in [1.54, 1.807) is 0 Å². The van der Waals surface area contributed by atoms with Gasteiger partial charge in [-0.2, -0.15) is 0 Å². The summed E-state index contributed by atoms with van der Waals surface area (Å²) in [5, 5.41) is 0. The van der Waals surface area contributed by atoms with Gasteiger partial charge in [0.05, 0.1) is 0 Å². The van der Waals surface area contributed by atoms with Crippen molar-refractivity contribution < 1.29 is 0 Å². The maximum atomic E-state index is 6.35. The zero-order chi connectivity index (χ0) is 26.0. The van der Waals surface area contributed by atoms with Crippen molar-refractivity contribution >= 4 is 5.57 Å². The van der Waals surface area contributed by atoms with Crippen molar-refractivity contribution in [2.75, 3.05) is 0 Å². The first-order valence-electron chi connectivity index (χ1n) is 12.9. The van der Waals surface area contributed by atoms with E-state index in [0.717, 1.165) is 24.8 Å². The van der Waals surface area contributed by atoms with Crippen LogP contribution >= 0.6 is 0 Å². The Balaban J connectivity index is 4.18. The van der Waals surface area contributed by atoms with E-state index >= 15 is 0 Å². The molecule has 1 aromatic carbocycles. The first kappa shape index (κ1) is 29.3. The van der Waals surface area contributed by atoms with Crippen molar-refractivity contribution in [1.82, 2.24) is 0 Å². The molecular formula is C33H52. The Kier molecular flexibility index (Phi) is 9.10. The second-order valence-electron chi connectivity index (χ2n) is 13.9. The van der Waals surface area contributed by atoms with Crippen molar-refractivity contribution in [1.29, 1.82) is 0 Å². The third-order valence-electron chi connectivity index (χ3n) is 6.40. The molecular weight excluding hydrogens is 396 g/mol. The molecule has 0 atom stereocenters. The van der Waals surface area contributed by atoms with Gasteiger partial charge in [-0.05, 0) is 80.4 Å². The van der Waals surface area contributed by atoms with Crippen LogP contribution in [0.1, 0.15) is 132 Å². The lowest BCUT2D eigenvalue weighted by Crippen LogP contribution is -2.20. The molecule has 0 aliphatic heterocycles. The second kappa shape index (κ2) is 10.3. The first-order valence-corrected chi connectivity index (χ1v) is 12.9. The summed E-state index contributed by atoms with van der Waals surface area (Å²) in [6.07, 6.45) is 11.8. The second-order valence-corrected chi connectivity index (χ2v) is 13.9. The van der Waals surface area contributed by atoms with Gasteiger partial charge in [0, 0.05) is 5.57 Å². The van der Waals surface area contributed by atoms with Gasteiger partial charge < -0.3 is 0 Å². The van der Waals surface area contributed by atoms with Crippen LogP contribution in [0, 0.1) is 23.2 Å². The molecule has 0 heteroatoms. The van der Waals surface area contributed by atoms with E-state index in [1.165, 1.54) is 33.4 Å². The molecule has 0 aliphatic rings. The van der Waals surface area contributed by atoms with Gasteiger partial charge in [-0.1, -0.05) is 115 Å². The molecule has 184 valence electrons. The fraction of sp³-hybridized carbons (Fsp3) is 0.636. The normalized spacial score (nSPS) is 14.8. The zero-order valence-electron chi connectivity index (χ0n) is 24.4. The average Bonchev–Trinajstić information content (AvgIpc) is 2.63. The van der Waals surface area contributed by atoms with Gasteiger partial charge in [0.25, 0.3) is 0 Å². The summed E-state index contributed by atoms with van der Waals surface area (Å²) < 4.78 is 0. The van der Waals surface area contributed by atoms with Gasteiger partial charge in [0.2, 0.25) is 0 Å². The summed E-state index contributed by atoms with van der Waals surface area (Å²) in [6.45, 7) is 32.3. The van der Waals surface area contributed by atoms with Crippen LogP contribution in [0.25, 0.3) is 5.57 Å². The molecule has 0 saturated carbocycles. The lowest BCUT2D eigenvalue weighted by Gasteiger charge is -2.32. The third kappa shape index (κ3) is 7.64. The standard InChI is InChI=1S/C33H52/c1-16-24(25(17-2)28(32(10,11)12)19-20-30(4,5)6)27-21-23(31(7,8)9)22-29(26(27)18-3)33(13,14)15/h1,19,21-22H,17-18,20H2,2-15H3/b25-24+,28-19+. The van der Waals surface area contributed by atoms with E-state index in [9.17, 15) is 0 Å². The summed E-state index contributed by atoms with van der Waals surface area (Å²) in [5.74, 6) is 3.19. The molecule has 0 nitrogen and oxygen atoms in total. The predicted octanol–water partition coefficient (Wildman–Crippen LogP) is 10.0. The van der Waals surface area contributed by atoms with E-state index in [0.29, 0.717) is 0 Å². The first-order chi connectivity index (χ1) is 14.8. The minimum absolute atomic E-state index is 0.0273. The lowest BCUT2D eigenvalue weighted by molar-refractivity contribution is 0.413. The van der Waals surface area contributed by atoms with Crippen LogP contribution in [0.3, 0.4) is 0 Å². The average molecular weight is 449 g/mol. The van der Waals surface area contributed by atoms with Crippen molar-refractivity contribution in [3.05, 3.63) is 51.6 Å². The van der Waals surface area contributed by atoms with E-state index in [2.05, 4.69) is 121 Å². The highest BCUT2D eigenvalue weighted by Crippen LogP contribution is 2.42. The van der Waals surface area contributed by atoms with Crippen LogP contribution in [0.5, 0.6) is 0 Å². The summed E-state index contributed by atoms with van der Waals surface area (Å²) in [7, 11) is 0. The van der Waals surface area contributed by atoms with E-state index in [1.807, 2.05) is 0 Å². The van der Waals surface area contributed by atoms with Crippen molar-refractivity contribution in [2.45, 2.75) is 127 Å². The molecule has 0 fully saturated rings. The third-order valence-corrected chi connectivity index (χ3v) is 6.40. The van der Waals surface area contributed by atoms with Gasteiger partial charge in [-0.25, -0.2) is 0 Å². The number of hydrogen-bond acceptors (Lipinski definition) is 0. The Morgan fingerprint density at radius 1 is 0.848 bits per heavy atom. The maximum absolute atomic E-state index is 6.35. The van der Waals surface area contributed by atoms with Crippen LogP contribution in [0.4, 0.5) is 0 Å². The Morgan fingerprint density at radius 3 is 1.73 bits per heavy atom. The molecule has 0 spiro atoms. The van der Waals surface area contributed by atoms with Crippen LogP contribution in [-0.4, -0.2) is 0 Å². The molecule has 0 saturated heterocycles. The molecule has 33 heavy (non-hydrogen) atoms. The zero-order valence-corrected chi connectivity index (χ0v) is 24.4. The smallest absolute Gasteiger partial charge is 0.0352 e. The highest BCUT2D eigenvalue weighted by Gasteiger charge is 2.28. The molecule has 0 unspecified atom stereocenters. The van der Waals surface area contributed by atoms with Crippen molar-refractivity contribution in [3.8, 4) is 12.3 Å². The predicted molar refractivity (Wildman–Crippen MR) is 151 cm³/mol. The van der Waals surface area contributed by atoms with Crippen LogP contribution < -0.4 is 0 Å². The van der Waals surface area contributed by atoms with E-state index in [-0.39, 0.29) is 21.7 Å². The van der Waals surface area contributed by atoms with Gasteiger partial charge in [-0.3, -0.25) is 0 Å². The molecule has 0 heterocycles. The Bertz CT molecular complexity index is 926. The van der Waals surface area contributed by atoms with Crippen LogP contribution in [0.15, 0.2) is 29.4 Å². The number of benzene rings is 1. The minimum atomic E-state index is 0.0273. The van der Waals surface area contributed by atoms with Gasteiger partial charge >= 0.3 is 0 Å². The lowest BCUT2D eigenvalue weighted by atomic mass is 9.73. The summed E-state index contributed by atoms with van der Waals surface area (Å²) in [5.41, 5.74) is 9.64. The minimum Gasteiger partial charge on any atom is -0.115 e. The molecule has 0 aromatic heterocycles. The van der Waals surface area contributed by atoms with Crippen molar-refractivity contribution in [2.24, 2.45) is 10.8 Å². The monoisotopic (exact) mass is 448 g/mol. The summed E-state index contributed by atoms with van der Waals surface area (Å²) in [4.78, 5) is 0. The summed E-state index contributed by atoms with van der Waals surface area (Å²) >= 11 is 0. The topological polar surface area (TPSA) is 0 Å². The van der Waals surface area contributed by atoms with Gasteiger partial charge in [-0.15, -0.1) is 6.42 Å². The number of terminal acetylenes is 1. The molecule has 0 bridgehead atoms. The highest BCUT2D eigenvalue weighted by atomic mass is 14.3. The van der Waals surface area contributed by atoms with Gasteiger partial charge in [0.1, 0.15) is 0 Å². The fourth-order valence-electron chi connectivity index (χ4n) is 4.50. The largest absolute Gasteiger partial charge is 0.115 e. The molecule has 0 amide bonds. The Hall–Kier alpha value is -1.74. The maximum Gasteiger partial charge on any atom is 0.0352 e. The van der Waals surface area contributed by atoms with E-state index in [4.69, 9.17) is 6.42 Å². The van der Waals surface area contributed by atoms with Gasteiger partial charge in [0.15, 0.2) is 0 Å². The Morgan fingerprint density at radius 2 is 1.39 bits per heavy atom. The molecule has 1 aromatic rings. The highest BCUT2D eigenvalue weighted by molar-refractivity contribution is 5.86. The molecule has 1 rings (SSSR count). The molecule has 0 aliphatic carbocycles. The Labute approximate surface area is 207 Å². The number of allylic oxidation sites excluding steroid dienone is 4. The molecule has 0 N–H and O–H groups in total. The SMILES string of the molecule is C#C/C(=C(CC)\C(=C/CC(C)(C)C)C(C)(C)C)c1cc(C(C)(C)C)cc(C(C)(C)C)c1CC. The quantitative estimate of drug-likeness (QED) is 0.310.